The second-order valence-electron chi connectivity index (χ2n) is 22.5. The van der Waals surface area contributed by atoms with E-state index in [4.69, 9.17) is 0 Å². The molecule has 0 bridgehead atoms. The van der Waals surface area contributed by atoms with Crippen LogP contribution in [-0.2, 0) is 0 Å². The summed E-state index contributed by atoms with van der Waals surface area (Å²) in [5, 5.41) is 35.0. The molecule has 17 rings (SSSR count). The summed E-state index contributed by atoms with van der Waals surface area (Å²) >= 11 is 0. The van der Waals surface area contributed by atoms with Gasteiger partial charge in [-0.05, 0) is 221 Å². The van der Waals surface area contributed by atoms with Crippen LogP contribution in [-0.4, -0.2) is 0 Å². The number of hydrogen-bond acceptors (Lipinski definition) is 0. The quantitative estimate of drug-likeness (QED) is 0.119. The minimum absolute atomic E-state index is 0.380. The van der Waals surface area contributed by atoms with Crippen LogP contribution >= 0.6 is 0 Å². The van der Waals surface area contributed by atoms with Gasteiger partial charge in [0, 0.05) is 0 Å². The van der Waals surface area contributed by atoms with E-state index in [0.29, 0.717) is 11.8 Å². The van der Waals surface area contributed by atoms with Crippen molar-refractivity contribution in [3.05, 3.63) is 217 Å². The Morgan fingerprint density at radius 2 is 0.720 bits per heavy atom. The highest BCUT2D eigenvalue weighted by molar-refractivity contribution is 6.48. The molecule has 0 nitrogen and oxygen atoms in total. The molecular weight excluding hydrogens is 901 g/mol. The third-order valence-corrected chi connectivity index (χ3v) is 18.1. The van der Waals surface area contributed by atoms with Crippen molar-refractivity contribution < 1.29 is 0 Å². The maximum Gasteiger partial charge on any atom is -0.000740 e. The average molecular weight is 951 g/mol. The maximum atomic E-state index is 2.59. The van der Waals surface area contributed by atoms with Gasteiger partial charge in [-0.25, -0.2) is 0 Å². The zero-order chi connectivity index (χ0) is 49.7. The van der Waals surface area contributed by atoms with Crippen molar-refractivity contribution in [1.82, 2.24) is 0 Å². The molecule has 350 valence electrons. The minimum atomic E-state index is 0.380. The van der Waals surface area contributed by atoms with E-state index in [-0.39, 0.29) is 0 Å². The molecule has 0 heteroatoms. The summed E-state index contributed by atoms with van der Waals surface area (Å²) in [6, 6.07) is 77.8. The van der Waals surface area contributed by atoms with Crippen LogP contribution in [0.2, 0.25) is 0 Å². The van der Waals surface area contributed by atoms with Crippen molar-refractivity contribution in [2.75, 3.05) is 0 Å². The molecule has 0 unspecified atom stereocenters. The van der Waals surface area contributed by atoms with E-state index >= 15 is 0 Å². The summed E-state index contributed by atoms with van der Waals surface area (Å²) in [5.41, 5.74) is 11.8. The number of rotatable bonds is 5. The fraction of sp³-hybridized carbons (Fsp3) is 0.0933. The van der Waals surface area contributed by atoms with E-state index in [1.807, 2.05) is 0 Å². The van der Waals surface area contributed by atoms with E-state index in [9.17, 15) is 0 Å². The summed E-state index contributed by atoms with van der Waals surface area (Å²) in [6.07, 6.45) is 0. The highest BCUT2D eigenvalue weighted by Crippen LogP contribution is 2.57. The zero-order valence-corrected chi connectivity index (χ0v) is 42.7. The highest BCUT2D eigenvalue weighted by atomic mass is 14.3. The molecule has 0 saturated carbocycles. The molecular formula is C75H50. The monoisotopic (exact) mass is 950 g/mol. The molecule has 0 aliphatic carbocycles. The van der Waals surface area contributed by atoms with Crippen molar-refractivity contribution in [3.63, 3.8) is 0 Å². The summed E-state index contributed by atoms with van der Waals surface area (Å²) < 4.78 is 0. The van der Waals surface area contributed by atoms with Crippen LogP contribution < -0.4 is 0 Å². The van der Waals surface area contributed by atoms with Gasteiger partial charge in [-0.3, -0.25) is 0 Å². The number of benzene rings is 15. The summed E-state index contributed by atoms with van der Waals surface area (Å²) in [7, 11) is 0. The van der Waals surface area contributed by atoms with E-state index in [0.717, 1.165) is 0 Å². The largest absolute Gasteiger partial charge is 0.0622 e. The molecule has 0 saturated heterocycles. The fourth-order valence-corrected chi connectivity index (χ4v) is 14.9. The minimum Gasteiger partial charge on any atom is -0.0622 e. The van der Waals surface area contributed by atoms with Crippen LogP contribution in [0.4, 0.5) is 0 Å². The summed E-state index contributed by atoms with van der Waals surface area (Å²) in [5.74, 6) is 0.798. The maximum absolute atomic E-state index is 2.59. The van der Waals surface area contributed by atoms with Crippen LogP contribution in [0.15, 0.2) is 200 Å². The SMILES string of the molecule is Cc1ccccc1-c1ccc2c3ccc4c5cc6c(-c7ccccc7)c7c8ccc9c%10cc(C(C)C)cc%11ccc(C(C)C)c(c%12ccc(c7c(-c7ccccc7)c6cc5c5ccc(c6cccc1c26)c3c45)c8c9%12)c%11%10. The lowest BCUT2D eigenvalue weighted by Crippen LogP contribution is -1.96. The van der Waals surface area contributed by atoms with Crippen LogP contribution in [0.3, 0.4) is 0 Å². The fourth-order valence-electron chi connectivity index (χ4n) is 14.9. The first-order valence-corrected chi connectivity index (χ1v) is 27.1. The van der Waals surface area contributed by atoms with E-state index < -0.39 is 0 Å². The Labute approximate surface area is 434 Å². The molecule has 0 atom stereocenters. The number of hydrogen-bond donors (Lipinski definition) is 0. The zero-order valence-electron chi connectivity index (χ0n) is 42.7. The van der Waals surface area contributed by atoms with Gasteiger partial charge in [-0.2, -0.15) is 0 Å². The Balaban J connectivity index is 1.05. The van der Waals surface area contributed by atoms with Crippen molar-refractivity contribution in [3.8, 4) is 33.4 Å². The Bertz CT molecular complexity index is 5100. The molecule has 0 spiro atoms. The van der Waals surface area contributed by atoms with Crippen molar-refractivity contribution in [2.24, 2.45) is 0 Å². The Morgan fingerprint density at radius 3 is 1.31 bits per heavy atom. The van der Waals surface area contributed by atoms with Gasteiger partial charge in [0.1, 0.15) is 0 Å². The highest BCUT2D eigenvalue weighted by Gasteiger charge is 2.29. The molecule has 0 aliphatic heterocycles. The lowest BCUT2D eigenvalue weighted by molar-refractivity contribution is 0.869. The number of fused-ring (bicyclic) bond motifs is 11. The second kappa shape index (κ2) is 14.7. The first-order chi connectivity index (χ1) is 36.8. The van der Waals surface area contributed by atoms with Crippen molar-refractivity contribution >= 4 is 140 Å². The van der Waals surface area contributed by atoms with Gasteiger partial charge >= 0.3 is 0 Å². The van der Waals surface area contributed by atoms with E-state index in [1.165, 1.54) is 190 Å². The van der Waals surface area contributed by atoms with Crippen molar-refractivity contribution in [2.45, 2.75) is 46.5 Å². The van der Waals surface area contributed by atoms with Crippen molar-refractivity contribution in [1.29, 1.82) is 0 Å². The molecule has 17 aromatic carbocycles. The molecule has 0 aliphatic rings. The third-order valence-electron chi connectivity index (χ3n) is 18.1. The number of aryl methyl sites for hydroxylation is 1. The van der Waals surface area contributed by atoms with Crippen LogP contribution in [0.5, 0.6) is 0 Å². The normalized spacial score (nSPS) is 12.8. The molecule has 75 heavy (non-hydrogen) atoms. The topological polar surface area (TPSA) is 0 Å². The van der Waals surface area contributed by atoms with Crippen LogP contribution in [0, 0.1) is 6.92 Å². The lowest BCUT2D eigenvalue weighted by atomic mass is 9.83. The van der Waals surface area contributed by atoms with Gasteiger partial charge in [0.25, 0.3) is 0 Å². The first kappa shape index (κ1) is 41.6. The van der Waals surface area contributed by atoms with Gasteiger partial charge in [0.2, 0.25) is 0 Å². The molecule has 0 amide bonds. The predicted octanol–water partition coefficient (Wildman–Crippen LogP) is 22.0. The molecule has 0 fully saturated rings. The Kier molecular flexibility index (Phi) is 8.15. The summed E-state index contributed by atoms with van der Waals surface area (Å²) in [6.45, 7) is 11.6. The average Bonchev–Trinajstić information content (AvgIpc) is 3.95. The summed E-state index contributed by atoms with van der Waals surface area (Å²) in [4.78, 5) is 0. The predicted molar refractivity (Wildman–Crippen MR) is 328 cm³/mol. The van der Waals surface area contributed by atoms with Crippen LogP contribution in [0.1, 0.15) is 56.2 Å². The van der Waals surface area contributed by atoms with Gasteiger partial charge in [0.05, 0.1) is 0 Å². The second-order valence-corrected chi connectivity index (χ2v) is 22.5. The van der Waals surface area contributed by atoms with E-state index in [2.05, 4.69) is 235 Å². The van der Waals surface area contributed by atoms with Gasteiger partial charge < -0.3 is 0 Å². The molecule has 17 aromatic rings. The van der Waals surface area contributed by atoms with Gasteiger partial charge in [-0.15, -0.1) is 0 Å². The standard InChI is InChI=1S/C75H50/c1-39(2)45-35-44-23-24-46(40(3)4)69-57-33-34-59-73-58(32-31-56(72(57)73)62(36-45)67(44)69)74-65(42-16-8-6-9-17-42)63-38-61-55-30-28-53-51-26-25-48(47-20-13-12-15-41(47)5)49-21-14-22-50(68(49)51)52-27-29-54(71(55)70(52)53)60(61)37-64(63)66(75(59)74)43-18-10-7-11-19-43/h6-40H,1-5H3. The molecule has 0 heterocycles. The Morgan fingerprint density at radius 1 is 0.253 bits per heavy atom. The van der Waals surface area contributed by atoms with Gasteiger partial charge in [-0.1, -0.05) is 216 Å². The third kappa shape index (κ3) is 5.27. The lowest BCUT2D eigenvalue weighted by Gasteiger charge is -2.20. The Hall–Kier alpha value is -8.84. The van der Waals surface area contributed by atoms with Crippen LogP contribution in [0.25, 0.3) is 173 Å². The smallest absolute Gasteiger partial charge is 0.000740 e. The molecule has 0 radical (unpaired) electrons. The molecule has 0 N–H and O–H groups in total. The molecule has 0 aromatic heterocycles. The van der Waals surface area contributed by atoms with Gasteiger partial charge in [0.15, 0.2) is 0 Å². The first-order valence-electron chi connectivity index (χ1n) is 27.1. The van der Waals surface area contributed by atoms with E-state index in [1.54, 1.807) is 0 Å².